The third kappa shape index (κ3) is 4.63. The van der Waals surface area contributed by atoms with Gasteiger partial charge in [-0.1, -0.05) is 55.5 Å². The predicted molar refractivity (Wildman–Crippen MR) is 115 cm³/mol. The van der Waals surface area contributed by atoms with Crippen LogP contribution in [-0.4, -0.2) is 29.1 Å². The zero-order valence-electron chi connectivity index (χ0n) is 17.0. The lowest BCUT2D eigenvalue weighted by Gasteiger charge is -2.27. The number of rotatable bonds is 7. The maximum absolute atomic E-state index is 11.2. The van der Waals surface area contributed by atoms with Gasteiger partial charge in [-0.15, -0.1) is 0 Å². The number of hydrogen-bond donors (Lipinski definition) is 1. The second-order valence-electron chi connectivity index (χ2n) is 7.41. The summed E-state index contributed by atoms with van der Waals surface area (Å²) >= 11 is 0. The van der Waals surface area contributed by atoms with E-state index in [1.165, 1.54) is 5.56 Å². The summed E-state index contributed by atoms with van der Waals surface area (Å²) in [7, 11) is 0. The fraction of sp³-hybridized carbons (Fsp3) is 0.240. The zero-order valence-corrected chi connectivity index (χ0v) is 17.0. The molecule has 1 aliphatic rings. The molecule has 30 heavy (non-hydrogen) atoms. The summed E-state index contributed by atoms with van der Waals surface area (Å²) in [4.78, 5) is 13.5. The number of hydrogen-bond acceptors (Lipinski definition) is 4. The molecule has 3 aromatic carbocycles. The van der Waals surface area contributed by atoms with E-state index in [0.29, 0.717) is 18.7 Å². The molecule has 1 atom stereocenters. The molecule has 0 aromatic heterocycles. The van der Waals surface area contributed by atoms with Crippen molar-refractivity contribution in [2.24, 2.45) is 0 Å². The Balaban J connectivity index is 1.40. The lowest BCUT2D eigenvalue weighted by atomic mass is 10.1. The van der Waals surface area contributed by atoms with Crippen molar-refractivity contribution in [3.05, 3.63) is 95.1 Å². The Labute approximate surface area is 176 Å². The number of aromatic carboxylic acids is 1. The maximum atomic E-state index is 11.2. The maximum Gasteiger partial charge on any atom is 0.335 e. The highest BCUT2D eigenvalue weighted by Crippen LogP contribution is 2.35. The van der Waals surface area contributed by atoms with Gasteiger partial charge in [0.15, 0.2) is 17.6 Å². The molecule has 0 fully saturated rings. The molecule has 1 N–H and O–H groups in total. The smallest absolute Gasteiger partial charge is 0.335 e. The standard InChI is InChI=1S/C25H25NO4/c1-2-26(16-19-6-5-7-21(14-19)25(27)28)15-18-10-12-20(13-11-18)24-17-29-22-8-3-4-9-23(22)30-24/h3-14,24H,2,15-17H2,1H3,(H,27,28)/t24-/m1/s1. The molecule has 4 rings (SSSR count). The van der Waals surface area contributed by atoms with Crippen LogP contribution in [0, 0.1) is 0 Å². The lowest BCUT2D eigenvalue weighted by molar-refractivity contribution is 0.0696. The Morgan fingerprint density at radius 2 is 1.70 bits per heavy atom. The minimum atomic E-state index is -0.896. The fourth-order valence-electron chi connectivity index (χ4n) is 3.62. The van der Waals surface area contributed by atoms with Crippen molar-refractivity contribution in [2.75, 3.05) is 13.2 Å². The van der Waals surface area contributed by atoms with Gasteiger partial charge in [0.1, 0.15) is 6.61 Å². The van der Waals surface area contributed by atoms with Crippen LogP contribution in [0.3, 0.4) is 0 Å². The summed E-state index contributed by atoms with van der Waals surface area (Å²) in [5, 5.41) is 9.19. The Morgan fingerprint density at radius 1 is 0.967 bits per heavy atom. The zero-order chi connectivity index (χ0) is 20.9. The van der Waals surface area contributed by atoms with Gasteiger partial charge in [0.25, 0.3) is 0 Å². The highest BCUT2D eigenvalue weighted by Gasteiger charge is 2.22. The Bertz CT molecular complexity index is 1020. The normalized spacial score (nSPS) is 15.2. The van der Waals surface area contributed by atoms with Crippen LogP contribution in [0.25, 0.3) is 0 Å². The van der Waals surface area contributed by atoms with Gasteiger partial charge in [0, 0.05) is 13.1 Å². The van der Waals surface area contributed by atoms with E-state index in [-0.39, 0.29) is 6.10 Å². The highest BCUT2D eigenvalue weighted by molar-refractivity contribution is 5.87. The van der Waals surface area contributed by atoms with E-state index >= 15 is 0 Å². The molecule has 0 aliphatic carbocycles. The molecule has 0 radical (unpaired) electrons. The molecule has 0 spiro atoms. The molecule has 0 bridgehead atoms. The van der Waals surface area contributed by atoms with E-state index in [4.69, 9.17) is 9.47 Å². The Kier molecular flexibility index (Phi) is 6.00. The number of carboxylic acid groups (broad SMARTS) is 1. The van der Waals surface area contributed by atoms with Gasteiger partial charge in [0.2, 0.25) is 0 Å². The average molecular weight is 403 g/mol. The minimum Gasteiger partial charge on any atom is -0.485 e. The molecule has 0 saturated carbocycles. The summed E-state index contributed by atoms with van der Waals surface area (Å²) in [5.41, 5.74) is 3.61. The molecule has 1 aliphatic heterocycles. The van der Waals surface area contributed by atoms with Gasteiger partial charge < -0.3 is 14.6 Å². The Hall–Kier alpha value is -3.31. The molecule has 0 amide bonds. The number of carbonyl (C=O) groups is 1. The van der Waals surface area contributed by atoms with E-state index in [0.717, 1.165) is 35.7 Å². The number of para-hydroxylation sites is 2. The molecule has 5 nitrogen and oxygen atoms in total. The van der Waals surface area contributed by atoms with Crippen LogP contribution in [0.2, 0.25) is 0 Å². The van der Waals surface area contributed by atoms with E-state index in [1.54, 1.807) is 18.2 Å². The van der Waals surface area contributed by atoms with Gasteiger partial charge in [-0.3, -0.25) is 4.90 Å². The number of nitrogens with zero attached hydrogens (tertiary/aromatic N) is 1. The topological polar surface area (TPSA) is 59.0 Å². The van der Waals surface area contributed by atoms with Crippen molar-refractivity contribution in [3.8, 4) is 11.5 Å². The van der Waals surface area contributed by atoms with Gasteiger partial charge in [-0.25, -0.2) is 4.79 Å². The first-order valence-corrected chi connectivity index (χ1v) is 10.1. The van der Waals surface area contributed by atoms with Gasteiger partial charge >= 0.3 is 5.97 Å². The van der Waals surface area contributed by atoms with E-state index < -0.39 is 5.97 Å². The van der Waals surface area contributed by atoms with Crippen LogP contribution in [0.1, 0.15) is 40.1 Å². The SMILES string of the molecule is CCN(Cc1ccc([C@H]2COc3ccccc3O2)cc1)Cc1cccc(C(=O)O)c1. The molecular formula is C25H25NO4. The van der Waals surface area contributed by atoms with Gasteiger partial charge in [-0.2, -0.15) is 0 Å². The van der Waals surface area contributed by atoms with E-state index in [9.17, 15) is 9.90 Å². The van der Waals surface area contributed by atoms with E-state index in [1.807, 2.05) is 30.3 Å². The third-order valence-electron chi connectivity index (χ3n) is 5.29. The van der Waals surface area contributed by atoms with Crippen molar-refractivity contribution >= 4 is 5.97 Å². The number of carboxylic acids is 1. The molecule has 3 aromatic rings. The molecule has 1 heterocycles. The average Bonchev–Trinajstić information content (AvgIpc) is 2.79. The second-order valence-corrected chi connectivity index (χ2v) is 7.41. The monoisotopic (exact) mass is 403 g/mol. The first-order valence-electron chi connectivity index (χ1n) is 10.1. The van der Waals surface area contributed by atoms with Crippen LogP contribution in [0.5, 0.6) is 11.5 Å². The predicted octanol–water partition coefficient (Wildman–Crippen LogP) is 4.92. The van der Waals surface area contributed by atoms with Gasteiger partial charge in [-0.05, 0) is 47.5 Å². The summed E-state index contributed by atoms with van der Waals surface area (Å²) < 4.78 is 11.9. The summed E-state index contributed by atoms with van der Waals surface area (Å²) in [6.07, 6.45) is -0.116. The Morgan fingerprint density at radius 3 is 2.43 bits per heavy atom. The van der Waals surface area contributed by atoms with Crippen molar-refractivity contribution in [1.82, 2.24) is 4.90 Å². The van der Waals surface area contributed by atoms with Crippen molar-refractivity contribution in [1.29, 1.82) is 0 Å². The molecule has 154 valence electrons. The minimum absolute atomic E-state index is 0.116. The summed E-state index contributed by atoms with van der Waals surface area (Å²) in [6, 6.07) is 23.3. The van der Waals surface area contributed by atoms with Crippen molar-refractivity contribution in [3.63, 3.8) is 0 Å². The third-order valence-corrected chi connectivity index (χ3v) is 5.29. The molecular weight excluding hydrogens is 378 g/mol. The lowest BCUT2D eigenvalue weighted by Crippen LogP contribution is -2.23. The van der Waals surface area contributed by atoms with Crippen LogP contribution in [0.4, 0.5) is 0 Å². The largest absolute Gasteiger partial charge is 0.485 e. The molecule has 0 saturated heterocycles. The van der Waals surface area contributed by atoms with Gasteiger partial charge in [0.05, 0.1) is 5.56 Å². The van der Waals surface area contributed by atoms with Crippen LogP contribution in [-0.2, 0) is 13.1 Å². The van der Waals surface area contributed by atoms with Crippen LogP contribution in [0.15, 0.2) is 72.8 Å². The van der Waals surface area contributed by atoms with E-state index in [2.05, 4.69) is 36.1 Å². The number of benzene rings is 3. The fourth-order valence-corrected chi connectivity index (χ4v) is 3.62. The van der Waals surface area contributed by atoms with Crippen LogP contribution >= 0.6 is 0 Å². The highest BCUT2D eigenvalue weighted by atomic mass is 16.6. The molecule has 5 heteroatoms. The number of fused-ring (bicyclic) bond motifs is 1. The van der Waals surface area contributed by atoms with Crippen LogP contribution < -0.4 is 9.47 Å². The summed E-state index contributed by atoms with van der Waals surface area (Å²) in [6.45, 7) is 4.97. The molecule has 0 unspecified atom stereocenters. The van der Waals surface area contributed by atoms with Crippen molar-refractivity contribution in [2.45, 2.75) is 26.1 Å². The quantitative estimate of drug-likeness (QED) is 0.607. The van der Waals surface area contributed by atoms with Crippen molar-refractivity contribution < 1.29 is 19.4 Å². The number of ether oxygens (including phenoxy) is 2. The first-order chi connectivity index (χ1) is 14.6. The summed E-state index contributed by atoms with van der Waals surface area (Å²) in [5.74, 6) is 0.668. The first kappa shape index (κ1) is 20.0. The second kappa shape index (κ2) is 9.01.